The minimum absolute atomic E-state index is 0.0410. The highest BCUT2D eigenvalue weighted by atomic mass is 19.4. The van der Waals surface area contributed by atoms with Gasteiger partial charge in [0.2, 0.25) is 0 Å². The molecule has 43 heavy (non-hydrogen) atoms. The number of rotatable bonds is 8. The van der Waals surface area contributed by atoms with Crippen LogP contribution < -0.4 is 0 Å². The van der Waals surface area contributed by atoms with Crippen LogP contribution in [0, 0.1) is 5.92 Å². The molecule has 1 fully saturated rings. The number of hydrogen-bond acceptors (Lipinski definition) is 4. The van der Waals surface area contributed by atoms with Crippen molar-refractivity contribution in [3.8, 4) is 0 Å². The van der Waals surface area contributed by atoms with Crippen LogP contribution in [0.2, 0.25) is 0 Å². The summed E-state index contributed by atoms with van der Waals surface area (Å²) in [6, 6.07) is 18.5. The normalized spacial score (nSPS) is 20.0. The van der Waals surface area contributed by atoms with E-state index in [-0.39, 0.29) is 44.2 Å². The number of hydrogen-bond donors (Lipinski definition) is 1. The summed E-state index contributed by atoms with van der Waals surface area (Å²) in [5.41, 5.74) is -3.41. The highest BCUT2D eigenvalue weighted by Crippen LogP contribution is 2.43. The maximum Gasteiger partial charge on any atom is 0.416 e. The van der Waals surface area contributed by atoms with Crippen molar-refractivity contribution in [2.24, 2.45) is 5.92 Å². The monoisotopic (exact) mass is 609 g/mol. The van der Waals surface area contributed by atoms with Gasteiger partial charge in [-0.15, -0.1) is 0 Å². The Kier molecular flexibility index (Phi) is 9.38. The Balaban J connectivity index is 1.69. The second-order valence-corrected chi connectivity index (χ2v) is 10.4. The van der Waals surface area contributed by atoms with Gasteiger partial charge in [0.15, 0.2) is 0 Å². The average molecular weight is 610 g/mol. The van der Waals surface area contributed by atoms with E-state index in [1.54, 1.807) is 60.7 Å². The molecule has 1 aliphatic rings. The van der Waals surface area contributed by atoms with Gasteiger partial charge >= 0.3 is 24.4 Å². The maximum absolute atomic E-state index is 13.6. The van der Waals surface area contributed by atoms with Gasteiger partial charge in [0.1, 0.15) is 6.61 Å². The van der Waals surface area contributed by atoms with Crippen LogP contribution in [-0.2, 0) is 38.8 Å². The van der Waals surface area contributed by atoms with E-state index in [1.165, 1.54) is 11.8 Å². The SMILES string of the molecule is C[C@@H](OC[C@@]1(c2ccccc2)CCC(C(=O)O)CN1C(=O)OCc1ccccc1)c1cc(C(F)(F)F)cc(C(F)(F)F)c1. The predicted molar refractivity (Wildman–Crippen MR) is 143 cm³/mol. The smallest absolute Gasteiger partial charge is 0.416 e. The van der Waals surface area contributed by atoms with Gasteiger partial charge in [-0.3, -0.25) is 9.69 Å². The average Bonchev–Trinajstić information content (AvgIpc) is 2.98. The molecule has 0 bridgehead atoms. The van der Waals surface area contributed by atoms with Crippen molar-refractivity contribution in [2.45, 2.75) is 50.4 Å². The van der Waals surface area contributed by atoms with Crippen LogP contribution in [0.1, 0.15) is 53.7 Å². The van der Waals surface area contributed by atoms with Gasteiger partial charge in [0.05, 0.1) is 35.3 Å². The summed E-state index contributed by atoms with van der Waals surface area (Å²) in [7, 11) is 0. The van der Waals surface area contributed by atoms with E-state index in [2.05, 4.69) is 0 Å². The fourth-order valence-corrected chi connectivity index (χ4v) is 5.14. The zero-order chi connectivity index (χ0) is 31.4. The molecule has 4 rings (SSSR count). The molecule has 3 atom stereocenters. The van der Waals surface area contributed by atoms with E-state index in [9.17, 15) is 41.0 Å². The van der Waals surface area contributed by atoms with Gasteiger partial charge in [0.25, 0.3) is 0 Å². The summed E-state index contributed by atoms with van der Waals surface area (Å²) in [4.78, 5) is 26.7. The Bertz CT molecular complexity index is 1380. The molecule has 1 saturated heterocycles. The second-order valence-electron chi connectivity index (χ2n) is 10.4. The number of carboxylic acids is 1. The molecule has 230 valence electrons. The predicted octanol–water partition coefficient (Wildman–Crippen LogP) is 7.83. The first kappa shape index (κ1) is 31.9. The van der Waals surface area contributed by atoms with Crippen LogP contribution in [-0.4, -0.2) is 35.2 Å². The standard InChI is InChI=1S/C31H29F6NO5/c1-20(23-14-25(30(32,33)34)16-26(15-23)31(35,36)37)43-19-29(24-10-6-3-7-11-24)13-12-22(27(39)40)17-38(29)28(41)42-18-21-8-4-2-5-9-21/h2-11,14-16,20,22H,12-13,17-19H2,1H3,(H,39,40)/t20-,22?,29-/m1/s1. The summed E-state index contributed by atoms with van der Waals surface area (Å²) in [6.07, 6.45) is -12.0. The molecule has 1 heterocycles. The molecule has 1 amide bonds. The van der Waals surface area contributed by atoms with Crippen LogP contribution in [0.3, 0.4) is 0 Å². The molecule has 1 unspecified atom stereocenters. The van der Waals surface area contributed by atoms with E-state index in [0.717, 1.165) is 0 Å². The third-order valence-corrected chi connectivity index (χ3v) is 7.56. The van der Waals surface area contributed by atoms with Crippen molar-refractivity contribution in [3.05, 3.63) is 107 Å². The third kappa shape index (κ3) is 7.48. The summed E-state index contributed by atoms with van der Waals surface area (Å²) >= 11 is 0. The maximum atomic E-state index is 13.6. The highest BCUT2D eigenvalue weighted by Gasteiger charge is 2.48. The number of carbonyl (C=O) groups is 2. The summed E-state index contributed by atoms with van der Waals surface area (Å²) in [5, 5.41) is 9.74. The number of aliphatic carboxylic acids is 1. The van der Waals surface area contributed by atoms with Crippen LogP contribution in [0.5, 0.6) is 0 Å². The van der Waals surface area contributed by atoms with Crippen LogP contribution in [0.15, 0.2) is 78.9 Å². The Labute approximate surface area is 243 Å². The number of likely N-dealkylation sites (tertiary alicyclic amines) is 1. The van der Waals surface area contributed by atoms with E-state index in [1.807, 2.05) is 0 Å². The number of benzene rings is 3. The van der Waals surface area contributed by atoms with E-state index < -0.39 is 53.1 Å². The minimum Gasteiger partial charge on any atom is -0.481 e. The van der Waals surface area contributed by atoms with E-state index in [4.69, 9.17) is 9.47 Å². The van der Waals surface area contributed by atoms with Gasteiger partial charge in [-0.1, -0.05) is 60.7 Å². The topological polar surface area (TPSA) is 76.1 Å². The summed E-state index contributed by atoms with van der Waals surface area (Å²) < 4.78 is 92.4. The number of alkyl halides is 6. The number of halogens is 6. The Morgan fingerprint density at radius 2 is 1.49 bits per heavy atom. The highest BCUT2D eigenvalue weighted by molar-refractivity contribution is 5.74. The zero-order valence-electron chi connectivity index (χ0n) is 23.0. The molecular formula is C31H29F6NO5. The number of nitrogens with zero attached hydrogens (tertiary/aromatic N) is 1. The first-order valence-corrected chi connectivity index (χ1v) is 13.4. The fourth-order valence-electron chi connectivity index (χ4n) is 5.14. The van der Waals surface area contributed by atoms with Crippen molar-refractivity contribution >= 4 is 12.1 Å². The Hall–Kier alpha value is -4.06. The quantitative estimate of drug-likeness (QED) is 0.264. The lowest BCUT2D eigenvalue weighted by atomic mass is 9.78. The van der Waals surface area contributed by atoms with Crippen LogP contribution >= 0.6 is 0 Å². The number of piperidine rings is 1. The second kappa shape index (κ2) is 12.7. The largest absolute Gasteiger partial charge is 0.481 e. The van der Waals surface area contributed by atoms with Gasteiger partial charge in [0, 0.05) is 6.54 Å². The van der Waals surface area contributed by atoms with Crippen molar-refractivity contribution in [1.82, 2.24) is 4.90 Å². The van der Waals surface area contributed by atoms with Crippen LogP contribution in [0.25, 0.3) is 0 Å². The lowest BCUT2D eigenvalue weighted by molar-refractivity contribution is -0.147. The molecule has 3 aromatic rings. The molecule has 0 spiro atoms. The molecule has 12 heteroatoms. The summed E-state index contributed by atoms with van der Waals surface area (Å²) in [5.74, 6) is -2.06. The lowest BCUT2D eigenvalue weighted by Gasteiger charge is -2.48. The third-order valence-electron chi connectivity index (χ3n) is 7.56. The molecule has 1 N–H and O–H groups in total. The molecule has 0 radical (unpaired) electrons. The molecule has 1 aliphatic heterocycles. The van der Waals surface area contributed by atoms with E-state index in [0.29, 0.717) is 23.3 Å². The molecule has 0 saturated carbocycles. The molecular weight excluding hydrogens is 580 g/mol. The number of carboxylic acid groups (broad SMARTS) is 1. The zero-order valence-corrected chi connectivity index (χ0v) is 23.0. The number of amides is 1. The van der Waals surface area contributed by atoms with Crippen molar-refractivity contribution < 1.29 is 50.5 Å². The number of carbonyl (C=O) groups excluding carboxylic acids is 1. The van der Waals surface area contributed by atoms with Crippen LogP contribution in [0.4, 0.5) is 31.1 Å². The number of ether oxygens (including phenoxy) is 2. The van der Waals surface area contributed by atoms with E-state index >= 15 is 0 Å². The lowest BCUT2D eigenvalue weighted by Crippen LogP contribution is -2.58. The van der Waals surface area contributed by atoms with Crippen molar-refractivity contribution in [2.75, 3.05) is 13.2 Å². The van der Waals surface area contributed by atoms with Gasteiger partial charge in [-0.25, -0.2) is 4.79 Å². The Morgan fingerprint density at radius 3 is 2.02 bits per heavy atom. The molecule has 6 nitrogen and oxygen atoms in total. The first-order chi connectivity index (χ1) is 20.2. The van der Waals surface area contributed by atoms with Crippen molar-refractivity contribution in [3.63, 3.8) is 0 Å². The molecule has 3 aromatic carbocycles. The molecule has 0 aliphatic carbocycles. The minimum atomic E-state index is -5.03. The first-order valence-electron chi connectivity index (χ1n) is 13.4. The Morgan fingerprint density at radius 1 is 0.930 bits per heavy atom. The molecule has 0 aromatic heterocycles. The van der Waals surface area contributed by atoms with Gasteiger partial charge in [-0.05, 0) is 54.7 Å². The van der Waals surface area contributed by atoms with Gasteiger partial charge in [-0.2, -0.15) is 26.3 Å². The summed E-state index contributed by atoms with van der Waals surface area (Å²) in [6.45, 7) is 0.593. The fraction of sp³-hybridized carbons (Fsp3) is 0.355. The van der Waals surface area contributed by atoms with Crippen molar-refractivity contribution in [1.29, 1.82) is 0 Å². The van der Waals surface area contributed by atoms with Gasteiger partial charge < -0.3 is 14.6 Å².